The standard InChI is InChI=1S/C26H31BrNO5PS/c1-19(2)33-25-11-8-20(17-23(25)27)6-3-13-31-24-10-9-21(16-22(24)26-7-4-15-35-26)18-28-12-5-14-32-34(29)30/h4,7-11,15-17,19,28H,3,5-6,12-14,18H2,1-2H3/p+1. The molecule has 1 unspecified atom stereocenters. The van der Waals surface area contributed by atoms with Crippen molar-refractivity contribution < 1.29 is 23.5 Å². The average Bonchev–Trinajstić information content (AvgIpc) is 3.35. The third-order valence-electron chi connectivity index (χ3n) is 5.09. The molecule has 0 fully saturated rings. The molecule has 0 aliphatic rings. The SMILES string of the molecule is CC(C)Oc1ccc(CCCOc2ccc(CNCCCO[P+](=O)O)cc2-c2cccs2)cc1Br. The first-order valence-corrected chi connectivity index (χ1v) is 14.5. The van der Waals surface area contributed by atoms with Gasteiger partial charge in [0.2, 0.25) is 0 Å². The third-order valence-corrected chi connectivity index (χ3v) is 7.01. The van der Waals surface area contributed by atoms with E-state index in [0.717, 1.165) is 39.9 Å². The molecule has 1 atom stereocenters. The van der Waals surface area contributed by atoms with Gasteiger partial charge in [0.05, 0.1) is 17.2 Å². The van der Waals surface area contributed by atoms with Gasteiger partial charge >= 0.3 is 8.25 Å². The molecule has 3 rings (SSSR count). The van der Waals surface area contributed by atoms with Crippen molar-refractivity contribution in [1.29, 1.82) is 0 Å². The number of ether oxygens (including phenoxy) is 2. The number of nitrogens with one attached hydrogen (secondary N) is 1. The smallest absolute Gasteiger partial charge is 0.493 e. The van der Waals surface area contributed by atoms with Crippen molar-refractivity contribution in [3.05, 3.63) is 69.5 Å². The highest BCUT2D eigenvalue weighted by Gasteiger charge is 2.11. The Morgan fingerprint density at radius 2 is 1.86 bits per heavy atom. The molecular formula is C26H32BrNO5PS+. The number of halogens is 1. The number of thiophene rings is 1. The number of benzene rings is 2. The van der Waals surface area contributed by atoms with Crippen molar-refractivity contribution in [2.45, 2.75) is 45.8 Å². The maximum Gasteiger partial charge on any atom is 0.694 e. The van der Waals surface area contributed by atoms with Gasteiger partial charge in [-0.05, 0) is 102 Å². The predicted octanol–water partition coefficient (Wildman–Crippen LogP) is 7.12. The summed E-state index contributed by atoms with van der Waals surface area (Å²) in [5.74, 6) is 1.75. The Kier molecular flexibility index (Phi) is 11.7. The number of hydrogen-bond donors (Lipinski definition) is 2. The summed E-state index contributed by atoms with van der Waals surface area (Å²) in [7, 11) is -2.52. The first kappa shape index (κ1) is 27.8. The second-order valence-electron chi connectivity index (χ2n) is 8.29. The highest BCUT2D eigenvalue weighted by molar-refractivity contribution is 9.10. The van der Waals surface area contributed by atoms with Crippen molar-refractivity contribution in [2.24, 2.45) is 0 Å². The van der Waals surface area contributed by atoms with Crippen molar-refractivity contribution >= 4 is 35.5 Å². The van der Waals surface area contributed by atoms with Gasteiger partial charge in [0.15, 0.2) is 0 Å². The zero-order valence-corrected chi connectivity index (χ0v) is 23.3. The zero-order chi connectivity index (χ0) is 25.0. The van der Waals surface area contributed by atoms with E-state index in [1.54, 1.807) is 11.3 Å². The van der Waals surface area contributed by atoms with E-state index in [4.69, 9.17) is 14.4 Å². The Hall–Kier alpha value is -1.80. The highest BCUT2D eigenvalue weighted by atomic mass is 79.9. The summed E-state index contributed by atoms with van der Waals surface area (Å²) in [4.78, 5) is 9.84. The Labute approximate surface area is 220 Å². The lowest BCUT2D eigenvalue weighted by Crippen LogP contribution is -2.16. The van der Waals surface area contributed by atoms with Crippen LogP contribution in [0, 0.1) is 0 Å². The van der Waals surface area contributed by atoms with E-state index in [1.165, 1.54) is 10.4 Å². The van der Waals surface area contributed by atoms with Crippen molar-refractivity contribution in [3.8, 4) is 21.9 Å². The Morgan fingerprint density at radius 3 is 2.57 bits per heavy atom. The van der Waals surface area contributed by atoms with Crippen LogP contribution in [0.3, 0.4) is 0 Å². The van der Waals surface area contributed by atoms with Crippen molar-refractivity contribution in [3.63, 3.8) is 0 Å². The summed E-state index contributed by atoms with van der Waals surface area (Å²) in [6, 6.07) is 16.7. The van der Waals surface area contributed by atoms with Crippen LogP contribution in [0.15, 0.2) is 58.4 Å². The molecule has 0 saturated carbocycles. The first-order chi connectivity index (χ1) is 16.9. The van der Waals surface area contributed by atoms with Crippen LogP contribution in [-0.2, 0) is 22.1 Å². The van der Waals surface area contributed by atoms with Crippen LogP contribution in [0.5, 0.6) is 11.5 Å². The molecule has 0 aliphatic heterocycles. The summed E-state index contributed by atoms with van der Waals surface area (Å²) in [6.07, 6.45) is 2.64. The highest BCUT2D eigenvalue weighted by Crippen LogP contribution is 2.34. The van der Waals surface area contributed by atoms with E-state index in [-0.39, 0.29) is 12.7 Å². The molecule has 2 aromatic carbocycles. The maximum atomic E-state index is 10.5. The fourth-order valence-corrected chi connectivity index (χ4v) is 5.07. The minimum Gasteiger partial charge on any atom is -0.493 e. The molecular weight excluding hydrogens is 549 g/mol. The van der Waals surface area contributed by atoms with Gasteiger partial charge in [-0.25, -0.2) is 0 Å². The van der Waals surface area contributed by atoms with Gasteiger partial charge in [0.1, 0.15) is 18.1 Å². The predicted molar refractivity (Wildman–Crippen MR) is 146 cm³/mol. The van der Waals surface area contributed by atoms with Crippen LogP contribution in [-0.4, -0.2) is 30.8 Å². The molecule has 1 aromatic heterocycles. The number of hydrogen-bond acceptors (Lipinski definition) is 6. The van der Waals surface area contributed by atoms with Gasteiger partial charge in [0, 0.05) is 21.6 Å². The van der Waals surface area contributed by atoms with Crippen LogP contribution in [0.2, 0.25) is 0 Å². The molecule has 1 heterocycles. The molecule has 6 nitrogen and oxygen atoms in total. The van der Waals surface area contributed by atoms with E-state index < -0.39 is 8.25 Å². The van der Waals surface area contributed by atoms with Crippen LogP contribution >= 0.6 is 35.5 Å². The second-order valence-corrected chi connectivity index (χ2v) is 10.8. The molecule has 0 radical (unpaired) electrons. The normalized spacial score (nSPS) is 11.6. The summed E-state index contributed by atoms with van der Waals surface area (Å²) in [5.41, 5.74) is 3.49. The molecule has 188 valence electrons. The third kappa shape index (κ3) is 9.64. The molecule has 35 heavy (non-hydrogen) atoms. The Bertz CT molecular complexity index is 1080. The van der Waals surface area contributed by atoms with Gasteiger partial charge in [0.25, 0.3) is 0 Å². The molecule has 0 saturated heterocycles. The largest absolute Gasteiger partial charge is 0.694 e. The van der Waals surface area contributed by atoms with Crippen LogP contribution in [0.1, 0.15) is 37.8 Å². The minimum atomic E-state index is -2.52. The molecule has 0 amide bonds. The quantitative estimate of drug-likeness (QED) is 0.147. The Morgan fingerprint density at radius 1 is 1.06 bits per heavy atom. The lowest BCUT2D eigenvalue weighted by Gasteiger charge is -2.14. The fraction of sp³-hybridized carbons (Fsp3) is 0.385. The van der Waals surface area contributed by atoms with E-state index in [2.05, 4.69) is 61.5 Å². The van der Waals surface area contributed by atoms with Gasteiger partial charge in [-0.1, -0.05) is 18.2 Å². The second kappa shape index (κ2) is 14.7. The molecule has 9 heteroatoms. The Balaban J connectivity index is 1.53. The minimum absolute atomic E-state index is 0.144. The molecule has 2 N–H and O–H groups in total. The summed E-state index contributed by atoms with van der Waals surface area (Å²) < 4.78 is 28.2. The van der Waals surface area contributed by atoms with Crippen LogP contribution < -0.4 is 14.8 Å². The van der Waals surface area contributed by atoms with Gasteiger partial charge in [-0.15, -0.1) is 20.8 Å². The summed E-state index contributed by atoms with van der Waals surface area (Å²) in [6.45, 7) is 6.34. The fourth-order valence-electron chi connectivity index (χ4n) is 3.52. The molecule has 0 spiro atoms. The van der Waals surface area contributed by atoms with Crippen LogP contribution in [0.25, 0.3) is 10.4 Å². The number of rotatable bonds is 15. The van der Waals surface area contributed by atoms with Gasteiger partial charge in [-0.2, -0.15) is 0 Å². The average molecular weight is 581 g/mol. The van der Waals surface area contributed by atoms with E-state index in [0.29, 0.717) is 26.1 Å². The summed E-state index contributed by atoms with van der Waals surface area (Å²) in [5, 5.41) is 5.42. The molecule has 0 bridgehead atoms. The van der Waals surface area contributed by atoms with E-state index in [1.807, 2.05) is 32.0 Å². The van der Waals surface area contributed by atoms with Gasteiger partial charge < -0.3 is 14.8 Å². The van der Waals surface area contributed by atoms with Crippen molar-refractivity contribution in [2.75, 3.05) is 19.8 Å². The summed E-state index contributed by atoms with van der Waals surface area (Å²) >= 11 is 5.30. The lowest BCUT2D eigenvalue weighted by atomic mass is 10.1. The van der Waals surface area contributed by atoms with E-state index >= 15 is 0 Å². The van der Waals surface area contributed by atoms with Crippen molar-refractivity contribution in [1.82, 2.24) is 5.32 Å². The number of aryl methyl sites for hydroxylation is 1. The first-order valence-electron chi connectivity index (χ1n) is 11.7. The topological polar surface area (TPSA) is 77.0 Å². The maximum absolute atomic E-state index is 10.5. The monoisotopic (exact) mass is 580 g/mol. The lowest BCUT2D eigenvalue weighted by molar-refractivity contribution is 0.241. The van der Waals surface area contributed by atoms with Gasteiger partial charge in [-0.3, -0.25) is 0 Å². The zero-order valence-electron chi connectivity index (χ0n) is 20.0. The molecule has 3 aromatic rings. The van der Waals surface area contributed by atoms with E-state index in [9.17, 15) is 4.57 Å². The molecule has 0 aliphatic carbocycles. The van der Waals surface area contributed by atoms with Crippen LogP contribution in [0.4, 0.5) is 0 Å².